The number of anilines is 1. The monoisotopic (exact) mass is 246 g/mol. The van der Waals surface area contributed by atoms with E-state index in [9.17, 15) is 0 Å². The molecule has 0 radical (unpaired) electrons. The minimum absolute atomic E-state index is 0.149. The van der Waals surface area contributed by atoms with E-state index in [-0.39, 0.29) is 11.1 Å². The zero-order valence-electron chi connectivity index (χ0n) is 12.6. The summed E-state index contributed by atoms with van der Waals surface area (Å²) in [6, 6.07) is 6.57. The van der Waals surface area contributed by atoms with Crippen LogP contribution >= 0.6 is 0 Å². The first kappa shape index (κ1) is 13.4. The first-order chi connectivity index (χ1) is 8.20. The number of hydrogen-bond donors (Lipinski definition) is 1. The highest BCUT2D eigenvalue weighted by molar-refractivity contribution is 5.59. The lowest BCUT2D eigenvalue weighted by molar-refractivity contribution is 0.226. The topological polar surface area (TPSA) is 15.3 Å². The van der Waals surface area contributed by atoms with Gasteiger partial charge in [-0.15, -0.1) is 0 Å². The van der Waals surface area contributed by atoms with E-state index in [0.29, 0.717) is 0 Å². The molecule has 2 heteroatoms. The number of para-hydroxylation sites is 1. The molecule has 1 N–H and O–H groups in total. The van der Waals surface area contributed by atoms with Crippen LogP contribution in [0, 0.1) is 13.8 Å². The van der Waals surface area contributed by atoms with Crippen molar-refractivity contribution < 1.29 is 0 Å². The second-order valence-electron chi connectivity index (χ2n) is 6.99. The Balaban J connectivity index is 2.39. The summed E-state index contributed by atoms with van der Waals surface area (Å²) in [6.45, 7) is 15.7. The van der Waals surface area contributed by atoms with E-state index in [1.54, 1.807) is 0 Å². The number of nitrogens with zero attached hydrogens (tertiary/aromatic N) is 1. The number of rotatable bonds is 1. The summed E-state index contributed by atoms with van der Waals surface area (Å²) < 4.78 is 0. The molecule has 1 aliphatic heterocycles. The quantitative estimate of drug-likeness (QED) is 0.818. The number of piperazine rings is 1. The van der Waals surface area contributed by atoms with Gasteiger partial charge in [-0.2, -0.15) is 0 Å². The van der Waals surface area contributed by atoms with Crippen LogP contribution in [-0.2, 0) is 0 Å². The van der Waals surface area contributed by atoms with Gasteiger partial charge in [0.25, 0.3) is 0 Å². The Morgan fingerprint density at radius 1 is 0.944 bits per heavy atom. The maximum absolute atomic E-state index is 3.73. The first-order valence-electron chi connectivity index (χ1n) is 6.81. The standard InChI is InChI=1S/C16H26N2/c1-12-8-7-9-13(2)14(12)18-10-15(3,4)17-16(5,6)11-18/h7-9,17H,10-11H2,1-6H3. The molecular formula is C16H26N2. The summed E-state index contributed by atoms with van der Waals surface area (Å²) in [5.74, 6) is 0. The molecule has 1 fully saturated rings. The fourth-order valence-corrected chi connectivity index (χ4v) is 3.47. The van der Waals surface area contributed by atoms with Crippen molar-refractivity contribution in [1.82, 2.24) is 5.32 Å². The van der Waals surface area contributed by atoms with Gasteiger partial charge >= 0.3 is 0 Å². The van der Waals surface area contributed by atoms with Crippen molar-refractivity contribution >= 4 is 5.69 Å². The van der Waals surface area contributed by atoms with Crippen LogP contribution in [-0.4, -0.2) is 24.2 Å². The Morgan fingerprint density at radius 2 is 1.39 bits per heavy atom. The van der Waals surface area contributed by atoms with Crippen molar-refractivity contribution in [2.75, 3.05) is 18.0 Å². The van der Waals surface area contributed by atoms with Gasteiger partial charge in [0.1, 0.15) is 0 Å². The van der Waals surface area contributed by atoms with Gasteiger partial charge in [-0.05, 0) is 52.7 Å². The van der Waals surface area contributed by atoms with Crippen LogP contribution in [0.5, 0.6) is 0 Å². The van der Waals surface area contributed by atoms with Gasteiger partial charge in [-0.25, -0.2) is 0 Å². The third-order valence-corrected chi connectivity index (χ3v) is 3.60. The predicted octanol–water partition coefficient (Wildman–Crippen LogP) is 3.27. The zero-order chi connectivity index (χ0) is 13.6. The SMILES string of the molecule is Cc1cccc(C)c1N1CC(C)(C)NC(C)(C)C1. The fraction of sp³-hybridized carbons (Fsp3) is 0.625. The molecule has 0 amide bonds. The van der Waals surface area contributed by atoms with Gasteiger partial charge in [0.15, 0.2) is 0 Å². The number of aryl methyl sites for hydroxylation is 2. The normalized spacial score (nSPS) is 22.0. The highest BCUT2D eigenvalue weighted by Gasteiger charge is 2.37. The van der Waals surface area contributed by atoms with Crippen LogP contribution in [0.3, 0.4) is 0 Å². The van der Waals surface area contributed by atoms with Gasteiger partial charge in [-0.1, -0.05) is 18.2 Å². The van der Waals surface area contributed by atoms with Crippen LogP contribution in [0.1, 0.15) is 38.8 Å². The molecular weight excluding hydrogens is 220 g/mol. The summed E-state index contributed by atoms with van der Waals surface area (Å²) in [7, 11) is 0. The lowest BCUT2D eigenvalue weighted by atomic mass is 9.90. The molecule has 100 valence electrons. The van der Waals surface area contributed by atoms with E-state index < -0.39 is 0 Å². The van der Waals surface area contributed by atoms with E-state index >= 15 is 0 Å². The molecule has 1 aromatic rings. The molecule has 1 aliphatic rings. The Bertz CT molecular complexity index is 410. The molecule has 0 bridgehead atoms. The van der Waals surface area contributed by atoms with Crippen LogP contribution in [0.25, 0.3) is 0 Å². The summed E-state index contributed by atoms with van der Waals surface area (Å²) in [5.41, 5.74) is 4.47. The molecule has 0 aliphatic carbocycles. The summed E-state index contributed by atoms with van der Waals surface area (Å²) in [6.07, 6.45) is 0. The van der Waals surface area contributed by atoms with Crippen molar-refractivity contribution in [2.24, 2.45) is 0 Å². The minimum atomic E-state index is 0.149. The first-order valence-corrected chi connectivity index (χ1v) is 6.81. The Kier molecular flexibility index (Phi) is 3.18. The van der Waals surface area contributed by atoms with Crippen LogP contribution in [0.4, 0.5) is 5.69 Å². The molecule has 0 atom stereocenters. The van der Waals surface area contributed by atoms with Gasteiger partial charge in [0.05, 0.1) is 0 Å². The second-order valence-corrected chi connectivity index (χ2v) is 6.99. The average molecular weight is 246 g/mol. The number of nitrogens with one attached hydrogen (secondary N) is 1. The maximum Gasteiger partial charge on any atom is 0.0426 e. The van der Waals surface area contributed by atoms with E-state index in [1.165, 1.54) is 16.8 Å². The van der Waals surface area contributed by atoms with E-state index in [2.05, 4.69) is 70.0 Å². The Morgan fingerprint density at radius 3 is 1.83 bits per heavy atom. The smallest absolute Gasteiger partial charge is 0.0426 e. The molecule has 0 aromatic heterocycles. The molecule has 0 saturated carbocycles. The van der Waals surface area contributed by atoms with Crippen LogP contribution in [0.15, 0.2) is 18.2 Å². The van der Waals surface area contributed by atoms with Gasteiger partial charge in [-0.3, -0.25) is 0 Å². The van der Waals surface area contributed by atoms with Crippen molar-refractivity contribution in [3.8, 4) is 0 Å². The Hall–Kier alpha value is -1.02. The number of benzene rings is 1. The largest absolute Gasteiger partial charge is 0.367 e. The van der Waals surface area contributed by atoms with Gasteiger partial charge < -0.3 is 10.2 Å². The van der Waals surface area contributed by atoms with Crippen molar-refractivity contribution in [1.29, 1.82) is 0 Å². The fourth-order valence-electron chi connectivity index (χ4n) is 3.47. The molecule has 2 nitrogen and oxygen atoms in total. The third-order valence-electron chi connectivity index (χ3n) is 3.60. The summed E-state index contributed by atoms with van der Waals surface area (Å²) in [5, 5.41) is 3.73. The average Bonchev–Trinajstić information content (AvgIpc) is 2.11. The van der Waals surface area contributed by atoms with E-state index in [1.807, 2.05) is 0 Å². The molecule has 1 saturated heterocycles. The highest BCUT2D eigenvalue weighted by atomic mass is 15.3. The minimum Gasteiger partial charge on any atom is -0.367 e. The third kappa shape index (κ3) is 2.69. The van der Waals surface area contributed by atoms with Crippen LogP contribution in [0.2, 0.25) is 0 Å². The summed E-state index contributed by atoms with van der Waals surface area (Å²) in [4.78, 5) is 2.54. The Labute approximate surface area is 111 Å². The van der Waals surface area contributed by atoms with Crippen molar-refractivity contribution in [2.45, 2.75) is 52.6 Å². The lowest BCUT2D eigenvalue weighted by Crippen LogP contribution is -2.67. The molecule has 0 spiro atoms. The molecule has 0 unspecified atom stereocenters. The van der Waals surface area contributed by atoms with Crippen molar-refractivity contribution in [3.05, 3.63) is 29.3 Å². The van der Waals surface area contributed by atoms with Gasteiger partial charge in [0.2, 0.25) is 0 Å². The number of hydrogen-bond acceptors (Lipinski definition) is 2. The molecule has 1 aromatic carbocycles. The van der Waals surface area contributed by atoms with E-state index in [0.717, 1.165) is 13.1 Å². The van der Waals surface area contributed by atoms with Crippen LogP contribution < -0.4 is 10.2 Å². The molecule has 1 heterocycles. The zero-order valence-corrected chi connectivity index (χ0v) is 12.6. The lowest BCUT2D eigenvalue weighted by Gasteiger charge is -2.49. The highest BCUT2D eigenvalue weighted by Crippen LogP contribution is 2.30. The predicted molar refractivity (Wildman–Crippen MR) is 79.4 cm³/mol. The second kappa shape index (κ2) is 4.27. The van der Waals surface area contributed by atoms with Gasteiger partial charge in [0, 0.05) is 29.9 Å². The van der Waals surface area contributed by atoms with E-state index in [4.69, 9.17) is 0 Å². The maximum atomic E-state index is 3.73. The molecule has 2 rings (SSSR count). The van der Waals surface area contributed by atoms with Crippen molar-refractivity contribution in [3.63, 3.8) is 0 Å². The molecule has 18 heavy (non-hydrogen) atoms. The summed E-state index contributed by atoms with van der Waals surface area (Å²) >= 11 is 0.